The lowest BCUT2D eigenvalue weighted by Crippen LogP contribution is -2.39. The van der Waals surface area contributed by atoms with Crippen molar-refractivity contribution in [2.24, 2.45) is 0 Å². The average molecular weight is 277 g/mol. The predicted octanol–water partition coefficient (Wildman–Crippen LogP) is 2.58. The summed E-state index contributed by atoms with van der Waals surface area (Å²) in [6.45, 7) is 2.51. The highest BCUT2D eigenvalue weighted by Gasteiger charge is 2.28. The zero-order chi connectivity index (χ0) is 14.7. The van der Waals surface area contributed by atoms with Crippen LogP contribution in [0.4, 0.5) is 11.4 Å². The monoisotopic (exact) mass is 277 g/mol. The summed E-state index contributed by atoms with van der Waals surface area (Å²) in [6, 6.07) is 4.61. The van der Waals surface area contributed by atoms with Crippen molar-refractivity contribution >= 4 is 17.3 Å². The van der Waals surface area contributed by atoms with E-state index in [1.807, 2.05) is 6.92 Å². The van der Waals surface area contributed by atoms with E-state index in [2.05, 4.69) is 0 Å². The van der Waals surface area contributed by atoms with Gasteiger partial charge in [0.25, 0.3) is 11.6 Å². The summed E-state index contributed by atoms with van der Waals surface area (Å²) in [7, 11) is 0. The van der Waals surface area contributed by atoms with E-state index in [0.717, 1.165) is 25.7 Å². The molecule has 1 aromatic rings. The van der Waals surface area contributed by atoms with E-state index in [9.17, 15) is 14.9 Å². The molecule has 0 unspecified atom stereocenters. The van der Waals surface area contributed by atoms with Crippen LogP contribution in [0.15, 0.2) is 18.2 Å². The SMILES string of the molecule is CCN(C(=O)c1cccc([N+](=O)[O-])c1N)C1CCCC1. The zero-order valence-corrected chi connectivity index (χ0v) is 11.5. The number of anilines is 1. The third-order valence-electron chi connectivity index (χ3n) is 3.88. The number of nitrogen functional groups attached to an aromatic ring is 1. The molecule has 2 rings (SSSR count). The van der Waals surface area contributed by atoms with Gasteiger partial charge < -0.3 is 10.6 Å². The molecule has 0 aliphatic heterocycles. The molecule has 1 fully saturated rings. The molecule has 0 radical (unpaired) electrons. The molecule has 20 heavy (non-hydrogen) atoms. The maximum atomic E-state index is 12.6. The average Bonchev–Trinajstić information content (AvgIpc) is 2.93. The van der Waals surface area contributed by atoms with E-state index in [4.69, 9.17) is 5.73 Å². The first-order valence-corrected chi connectivity index (χ1v) is 6.90. The molecule has 108 valence electrons. The van der Waals surface area contributed by atoms with E-state index < -0.39 is 4.92 Å². The van der Waals surface area contributed by atoms with Crippen LogP contribution in [0.1, 0.15) is 43.0 Å². The summed E-state index contributed by atoms with van der Waals surface area (Å²) in [6.07, 6.45) is 4.24. The quantitative estimate of drug-likeness (QED) is 0.520. The molecule has 1 aromatic carbocycles. The molecule has 1 aliphatic rings. The van der Waals surface area contributed by atoms with Gasteiger partial charge in [0.1, 0.15) is 5.69 Å². The summed E-state index contributed by atoms with van der Waals surface area (Å²) < 4.78 is 0. The van der Waals surface area contributed by atoms with Gasteiger partial charge in [-0.05, 0) is 25.8 Å². The van der Waals surface area contributed by atoms with Crippen molar-refractivity contribution in [3.05, 3.63) is 33.9 Å². The van der Waals surface area contributed by atoms with Gasteiger partial charge in [0.2, 0.25) is 0 Å². The zero-order valence-electron chi connectivity index (χ0n) is 11.5. The summed E-state index contributed by atoms with van der Waals surface area (Å²) in [4.78, 5) is 24.7. The predicted molar refractivity (Wildman–Crippen MR) is 76.5 cm³/mol. The van der Waals surface area contributed by atoms with E-state index in [1.54, 1.807) is 11.0 Å². The molecule has 6 heteroatoms. The van der Waals surface area contributed by atoms with Crippen LogP contribution < -0.4 is 5.73 Å². The Labute approximate surface area is 117 Å². The molecule has 1 saturated carbocycles. The first kappa shape index (κ1) is 14.3. The van der Waals surface area contributed by atoms with E-state index in [0.29, 0.717) is 6.54 Å². The minimum Gasteiger partial charge on any atom is -0.393 e. The van der Waals surface area contributed by atoms with Gasteiger partial charge >= 0.3 is 0 Å². The highest BCUT2D eigenvalue weighted by atomic mass is 16.6. The Hall–Kier alpha value is -2.11. The van der Waals surface area contributed by atoms with Crippen LogP contribution in [-0.4, -0.2) is 28.3 Å². The Bertz CT molecular complexity index is 524. The highest BCUT2D eigenvalue weighted by Crippen LogP contribution is 2.29. The number of benzene rings is 1. The van der Waals surface area contributed by atoms with E-state index in [-0.39, 0.29) is 28.9 Å². The first-order valence-electron chi connectivity index (χ1n) is 6.90. The van der Waals surface area contributed by atoms with Crippen molar-refractivity contribution in [1.82, 2.24) is 4.90 Å². The first-order chi connectivity index (χ1) is 9.56. The van der Waals surface area contributed by atoms with Crippen LogP contribution in [0.5, 0.6) is 0 Å². The number of nitro groups is 1. The number of hydrogen-bond acceptors (Lipinski definition) is 4. The summed E-state index contributed by atoms with van der Waals surface area (Å²) in [5.74, 6) is -0.208. The van der Waals surface area contributed by atoms with Crippen molar-refractivity contribution in [3.8, 4) is 0 Å². The lowest BCUT2D eigenvalue weighted by Gasteiger charge is -2.28. The van der Waals surface area contributed by atoms with Gasteiger partial charge in [-0.25, -0.2) is 0 Å². The van der Waals surface area contributed by atoms with Crippen LogP contribution in [0.2, 0.25) is 0 Å². The lowest BCUT2D eigenvalue weighted by atomic mass is 10.1. The number of nitrogens with two attached hydrogens (primary N) is 1. The van der Waals surface area contributed by atoms with Gasteiger partial charge in [0.05, 0.1) is 10.5 Å². The number of hydrogen-bond donors (Lipinski definition) is 1. The van der Waals surface area contributed by atoms with Crippen molar-refractivity contribution in [2.75, 3.05) is 12.3 Å². The third kappa shape index (κ3) is 2.59. The highest BCUT2D eigenvalue weighted by molar-refractivity contribution is 6.01. The molecule has 0 spiro atoms. The van der Waals surface area contributed by atoms with Gasteiger partial charge in [-0.2, -0.15) is 0 Å². The van der Waals surface area contributed by atoms with Crippen molar-refractivity contribution in [3.63, 3.8) is 0 Å². The largest absolute Gasteiger partial charge is 0.393 e. The second kappa shape index (κ2) is 5.90. The van der Waals surface area contributed by atoms with Crippen LogP contribution >= 0.6 is 0 Å². The van der Waals surface area contributed by atoms with E-state index in [1.165, 1.54) is 12.1 Å². The molecule has 0 heterocycles. The maximum absolute atomic E-state index is 12.6. The fourth-order valence-corrected chi connectivity index (χ4v) is 2.84. The number of rotatable bonds is 4. The summed E-state index contributed by atoms with van der Waals surface area (Å²) in [5.41, 5.74) is 5.76. The van der Waals surface area contributed by atoms with Crippen LogP contribution in [-0.2, 0) is 0 Å². The van der Waals surface area contributed by atoms with Gasteiger partial charge in [-0.15, -0.1) is 0 Å². The number of nitrogens with zero attached hydrogens (tertiary/aromatic N) is 2. The molecular weight excluding hydrogens is 258 g/mol. The second-order valence-corrected chi connectivity index (χ2v) is 5.02. The van der Waals surface area contributed by atoms with E-state index >= 15 is 0 Å². The number of carbonyl (C=O) groups excluding carboxylic acids is 1. The minimum atomic E-state index is -0.558. The second-order valence-electron chi connectivity index (χ2n) is 5.02. The Morgan fingerprint density at radius 3 is 2.65 bits per heavy atom. The third-order valence-corrected chi connectivity index (χ3v) is 3.88. The Morgan fingerprint density at radius 1 is 1.45 bits per heavy atom. The van der Waals surface area contributed by atoms with Crippen LogP contribution in [0.25, 0.3) is 0 Å². The molecule has 1 amide bonds. The van der Waals surface area contributed by atoms with Crippen molar-refractivity contribution in [1.29, 1.82) is 0 Å². The van der Waals surface area contributed by atoms with Crippen LogP contribution in [0.3, 0.4) is 0 Å². The summed E-state index contributed by atoms with van der Waals surface area (Å²) >= 11 is 0. The van der Waals surface area contributed by atoms with Gasteiger partial charge in [0.15, 0.2) is 0 Å². The number of amides is 1. The van der Waals surface area contributed by atoms with Gasteiger partial charge in [-0.3, -0.25) is 14.9 Å². The van der Waals surface area contributed by atoms with Crippen molar-refractivity contribution in [2.45, 2.75) is 38.6 Å². The number of para-hydroxylation sites is 1. The molecule has 0 saturated heterocycles. The molecule has 0 aromatic heterocycles. The molecule has 6 nitrogen and oxygen atoms in total. The molecular formula is C14H19N3O3. The fourth-order valence-electron chi connectivity index (χ4n) is 2.84. The fraction of sp³-hybridized carbons (Fsp3) is 0.500. The lowest BCUT2D eigenvalue weighted by molar-refractivity contribution is -0.383. The molecule has 1 aliphatic carbocycles. The van der Waals surface area contributed by atoms with Crippen LogP contribution in [0, 0.1) is 10.1 Å². The van der Waals surface area contributed by atoms with Gasteiger partial charge in [0, 0.05) is 18.7 Å². The maximum Gasteiger partial charge on any atom is 0.292 e. The van der Waals surface area contributed by atoms with Gasteiger partial charge in [-0.1, -0.05) is 18.9 Å². The Morgan fingerprint density at radius 2 is 2.10 bits per heavy atom. The topological polar surface area (TPSA) is 89.5 Å². The molecule has 0 bridgehead atoms. The number of carbonyl (C=O) groups is 1. The number of nitro benzene ring substituents is 1. The Kier molecular flexibility index (Phi) is 4.22. The normalized spacial score (nSPS) is 15.2. The molecule has 0 atom stereocenters. The molecule has 2 N–H and O–H groups in total. The standard InChI is InChI=1S/C14H19N3O3/c1-2-16(10-6-3-4-7-10)14(18)11-8-5-9-12(13(11)15)17(19)20/h5,8-10H,2-4,6-7,15H2,1H3. The minimum absolute atomic E-state index is 0.0426. The summed E-state index contributed by atoms with van der Waals surface area (Å²) in [5, 5.41) is 10.9. The Balaban J connectivity index is 2.32. The van der Waals surface area contributed by atoms with Crippen molar-refractivity contribution < 1.29 is 9.72 Å². The smallest absolute Gasteiger partial charge is 0.292 e.